The number of hydrogen-bond acceptors (Lipinski definition) is 5. The molecule has 1 aliphatic rings. The monoisotopic (exact) mass is 520 g/mol. The lowest BCUT2D eigenvalue weighted by molar-refractivity contribution is -0.142. The third kappa shape index (κ3) is 6.83. The second-order valence-corrected chi connectivity index (χ2v) is 10.3. The molecule has 0 aliphatic carbocycles. The van der Waals surface area contributed by atoms with E-state index in [-0.39, 0.29) is 31.7 Å². The molecule has 0 saturated heterocycles. The number of ether oxygens (including phenoxy) is 1. The molecule has 0 unspecified atom stereocenters. The van der Waals surface area contributed by atoms with Crippen LogP contribution in [-0.4, -0.2) is 50.0 Å². The van der Waals surface area contributed by atoms with Gasteiger partial charge in [-0.2, -0.15) is 0 Å². The van der Waals surface area contributed by atoms with Crippen molar-refractivity contribution in [3.05, 3.63) is 102 Å². The zero-order chi connectivity index (χ0) is 26.2. The van der Waals surface area contributed by atoms with Gasteiger partial charge < -0.3 is 15.2 Å². The number of benzene rings is 3. The van der Waals surface area contributed by atoms with Gasteiger partial charge >= 0.3 is 12.1 Å². The average molecular weight is 521 g/mol. The van der Waals surface area contributed by atoms with Crippen LogP contribution in [0.25, 0.3) is 0 Å². The number of amides is 2. The number of nitrogens with zero attached hydrogens (tertiary/aromatic N) is 1. The van der Waals surface area contributed by atoms with Gasteiger partial charge in [-0.05, 0) is 35.2 Å². The predicted octanol–water partition coefficient (Wildman–Crippen LogP) is 3.52. The normalized spacial score (nSPS) is 16.2. The predicted molar refractivity (Wildman–Crippen MR) is 138 cm³/mol. The third-order valence-electron chi connectivity index (χ3n) is 6.20. The van der Waals surface area contributed by atoms with E-state index in [1.165, 1.54) is 4.90 Å². The van der Waals surface area contributed by atoms with E-state index in [0.717, 1.165) is 16.7 Å². The van der Waals surface area contributed by atoms with Crippen molar-refractivity contribution in [2.24, 2.45) is 0 Å². The number of fused-ring (bicyclic) bond motifs is 1. The van der Waals surface area contributed by atoms with E-state index in [1.54, 1.807) is 30.3 Å². The largest absolute Gasteiger partial charge is 0.480 e. The lowest BCUT2D eigenvalue weighted by Gasteiger charge is -2.35. The number of hydrogen-bond donors (Lipinski definition) is 2. The van der Waals surface area contributed by atoms with Gasteiger partial charge in [0.25, 0.3) is 0 Å². The molecule has 0 fully saturated rings. The highest BCUT2D eigenvalue weighted by Gasteiger charge is 2.37. The first-order valence-corrected chi connectivity index (χ1v) is 13.2. The highest BCUT2D eigenvalue weighted by atomic mass is 32.2. The standard InChI is InChI=1S/C28H28N2O6S/c31-26(29-24(27(32)33)15-16-37(35)23-13-5-2-6-14-23)25-17-21-11-7-8-12-22(21)18-30(25)28(34)36-19-20-9-3-1-4-10-20/h1-14,24-25H,15-19H2,(H,29,31)(H,32,33)/t24-,25-,37+/m0/s1. The summed E-state index contributed by atoms with van der Waals surface area (Å²) in [6.07, 6.45) is -0.453. The topological polar surface area (TPSA) is 113 Å². The maximum atomic E-state index is 13.3. The number of carbonyl (C=O) groups is 3. The van der Waals surface area contributed by atoms with Gasteiger partial charge in [0.05, 0.1) is 17.3 Å². The van der Waals surface area contributed by atoms with Crippen molar-refractivity contribution in [3.63, 3.8) is 0 Å². The molecular weight excluding hydrogens is 492 g/mol. The minimum absolute atomic E-state index is 0.0235. The van der Waals surface area contributed by atoms with E-state index in [1.807, 2.05) is 54.6 Å². The Kier molecular flexibility index (Phi) is 8.68. The summed E-state index contributed by atoms with van der Waals surface area (Å²) in [6, 6.07) is 23.3. The number of carboxylic acids is 1. The highest BCUT2D eigenvalue weighted by Crippen LogP contribution is 2.25. The first-order chi connectivity index (χ1) is 17.9. The van der Waals surface area contributed by atoms with Crippen LogP contribution >= 0.6 is 0 Å². The molecule has 2 N–H and O–H groups in total. The second kappa shape index (κ2) is 12.3. The molecule has 3 aromatic rings. The molecule has 192 valence electrons. The Morgan fingerprint density at radius 3 is 2.24 bits per heavy atom. The molecular formula is C28H28N2O6S. The Morgan fingerprint density at radius 1 is 0.946 bits per heavy atom. The first kappa shape index (κ1) is 26.1. The molecule has 1 heterocycles. The molecule has 1 aliphatic heterocycles. The summed E-state index contributed by atoms with van der Waals surface area (Å²) in [4.78, 5) is 40.2. The molecule has 0 bridgehead atoms. The zero-order valence-corrected chi connectivity index (χ0v) is 20.9. The van der Waals surface area contributed by atoms with Gasteiger partial charge in [0, 0.05) is 17.1 Å². The summed E-state index contributed by atoms with van der Waals surface area (Å²) in [5.74, 6) is -1.76. The molecule has 3 atom stereocenters. The van der Waals surface area contributed by atoms with Crippen LogP contribution < -0.4 is 5.32 Å². The van der Waals surface area contributed by atoms with Gasteiger partial charge in [0.15, 0.2) is 0 Å². The van der Waals surface area contributed by atoms with Gasteiger partial charge in [-0.15, -0.1) is 0 Å². The number of rotatable bonds is 9. The van der Waals surface area contributed by atoms with E-state index in [0.29, 0.717) is 4.90 Å². The molecule has 0 saturated carbocycles. The molecule has 4 rings (SSSR count). The van der Waals surface area contributed by atoms with Gasteiger partial charge in [-0.3, -0.25) is 13.9 Å². The van der Waals surface area contributed by atoms with E-state index in [9.17, 15) is 23.7 Å². The summed E-state index contributed by atoms with van der Waals surface area (Å²) in [6.45, 7) is 0.215. The minimum Gasteiger partial charge on any atom is -0.480 e. The molecule has 0 radical (unpaired) electrons. The average Bonchev–Trinajstić information content (AvgIpc) is 2.93. The number of nitrogens with one attached hydrogen (secondary N) is 1. The Labute approximate surface area is 217 Å². The van der Waals surface area contributed by atoms with Crippen molar-refractivity contribution in [3.8, 4) is 0 Å². The Bertz CT molecular complexity index is 1270. The van der Waals surface area contributed by atoms with Crippen LogP contribution in [0.15, 0.2) is 89.8 Å². The van der Waals surface area contributed by atoms with Crippen molar-refractivity contribution >= 4 is 28.8 Å². The number of carbonyl (C=O) groups excluding carboxylic acids is 2. The maximum absolute atomic E-state index is 13.3. The van der Waals surface area contributed by atoms with E-state index >= 15 is 0 Å². The molecule has 37 heavy (non-hydrogen) atoms. The van der Waals surface area contributed by atoms with E-state index < -0.39 is 40.9 Å². The van der Waals surface area contributed by atoms with Crippen LogP contribution in [0.4, 0.5) is 4.79 Å². The quantitative estimate of drug-likeness (QED) is 0.447. The zero-order valence-electron chi connectivity index (χ0n) is 20.1. The van der Waals surface area contributed by atoms with Crippen LogP contribution in [-0.2, 0) is 44.7 Å². The third-order valence-corrected chi connectivity index (χ3v) is 7.61. The van der Waals surface area contributed by atoms with Crippen molar-refractivity contribution in [2.45, 2.75) is 43.0 Å². The van der Waals surface area contributed by atoms with Gasteiger partial charge in [-0.1, -0.05) is 72.8 Å². The van der Waals surface area contributed by atoms with Crippen LogP contribution in [0.3, 0.4) is 0 Å². The fourth-order valence-electron chi connectivity index (χ4n) is 4.19. The van der Waals surface area contributed by atoms with Gasteiger partial charge in [0.1, 0.15) is 18.7 Å². The Hall–Kier alpha value is -3.98. The minimum atomic E-state index is -1.40. The molecule has 9 heteroatoms. The van der Waals surface area contributed by atoms with Crippen molar-refractivity contribution in [2.75, 3.05) is 5.75 Å². The Morgan fingerprint density at radius 2 is 1.57 bits per heavy atom. The van der Waals surface area contributed by atoms with Crippen LogP contribution in [0.5, 0.6) is 0 Å². The summed E-state index contributed by atoms with van der Waals surface area (Å²) < 4.78 is 18.1. The first-order valence-electron chi connectivity index (χ1n) is 11.9. The highest BCUT2D eigenvalue weighted by molar-refractivity contribution is 7.85. The van der Waals surface area contributed by atoms with Gasteiger partial charge in [0.2, 0.25) is 5.91 Å². The SMILES string of the molecule is O=C(O)[C@H](CC[S@@](=O)c1ccccc1)NC(=O)[C@@H]1Cc2ccccc2CN1C(=O)OCc1ccccc1. The summed E-state index contributed by atoms with van der Waals surface area (Å²) in [5.41, 5.74) is 2.62. The summed E-state index contributed by atoms with van der Waals surface area (Å²) >= 11 is 0. The fraction of sp³-hybridized carbons (Fsp3) is 0.250. The molecule has 3 aromatic carbocycles. The van der Waals surface area contributed by atoms with Crippen molar-refractivity contribution < 1.29 is 28.4 Å². The van der Waals surface area contributed by atoms with Crippen molar-refractivity contribution in [1.82, 2.24) is 10.2 Å². The Balaban J connectivity index is 1.46. The summed E-state index contributed by atoms with van der Waals surface area (Å²) in [5, 5.41) is 12.3. The second-order valence-electron chi connectivity index (χ2n) is 8.71. The molecule has 0 spiro atoms. The van der Waals surface area contributed by atoms with Crippen LogP contribution in [0.2, 0.25) is 0 Å². The van der Waals surface area contributed by atoms with Crippen molar-refractivity contribution in [1.29, 1.82) is 0 Å². The van der Waals surface area contributed by atoms with E-state index in [4.69, 9.17) is 4.74 Å². The van der Waals surface area contributed by atoms with Gasteiger partial charge in [-0.25, -0.2) is 9.59 Å². The summed E-state index contributed by atoms with van der Waals surface area (Å²) in [7, 11) is -1.40. The number of carboxylic acid groups (broad SMARTS) is 1. The lowest BCUT2D eigenvalue weighted by atomic mass is 9.93. The van der Waals surface area contributed by atoms with Crippen LogP contribution in [0.1, 0.15) is 23.1 Å². The fourth-order valence-corrected chi connectivity index (χ4v) is 5.34. The maximum Gasteiger partial charge on any atom is 0.411 e. The molecule has 2 amide bonds. The molecule has 0 aromatic heterocycles. The van der Waals surface area contributed by atoms with Crippen LogP contribution in [0, 0.1) is 0 Å². The van der Waals surface area contributed by atoms with E-state index in [2.05, 4.69) is 5.32 Å². The number of aliphatic carboxylic acids is 1. The smallest absolute Gasteiger partial charge is 0.411 e. The molecule has 8 nitrogen and oxygen atoms in total. The lowest BCUT2D eigenvalue weighted by Crippen LogP contribution is -2.55.